The fraction of sp³-hybridized carbons (Fsp3) is 0.333. The van der Waals surface area contributed by atoms with Crippen molar-refractivity contribution in [3.05, 3.63) is 70.1 Å². The molecular weight excluding hydrogens is 390 g/mol. The van der Waals surface area contributed by atoms with E-state index in [4.69, 9.17) is 0 Å². The van der Waals surface area contributed by atoms with Gasteiger partial charge in [0.25, 0.3) is 11.5 Å². The predicted molar refractivity (Wildman–Crippen MR) is 124 cm³/mol. The Morgan fingerprint density at radius 1 is 0.968 bits per heavy atom. The van der Waals surface area contributed by atoms with Crippen LogP contribution in [0.2, 0.25) is 0 Å². The van der Waals surface area contributed by atoms with E-state index in [1.807, 2.05) is 19.1 Å². The Labute approximate surface area is 181 Å². The molecule has 0 spiro atoms. The van der Waals surface area contributed by atoms with E-state index in [9.17, 15) is 9.59 Å². The third-order valence-electron chi connectivity index (χ3n) is 5.75. The van der Waals surface area contributed by atoms with Crippen LogP contribution in [-0.2, 0) is 7.05 Å². The number of nitrogens with one attached hydrogen (secondary N) is 1. The Morgan fingerprint density at radius 3 is 2.29 bits per heavy atom. The molecule has 1 fully saturated rings. The van der Waals surface area contributed by atoms with Crippen LogP contribution in [0.5, 0.6) is 0 Å². The molecule has 7 heteroatoms. The van der Waals surface area contributed by atoms with Crippen LogP contribution in [0.15, 0.2) is 58.4 Å². The number of fused-ring (bicyclic) bond motifs is 1. The van der Waals surface area contributed by atoms with E-state index in [1.165, 1.54) is 43.1 Å². The molecule has 7 nitrogen and oxygen atoms in total. The summed E-state index contributed by atoms with van der Waals surface area (Å²) >= 11 is 0. The summed E-state index contributed by atoms with van der Waals surface area (Å²) in [6, 6.07) is 15.3. The van der Waals surface area contributed by atoms with Crippen LogP contribution in [0, 0.1) is 0 Å². The molecule has 0 aliphatic carbocycles. The van der Waals surface area contributed by atoms with Gasteiger partial charge in [-0.05, 0) is 43.5 Å². The molecule has 0 saturated carbocycles. The average molecular weight is 418 g/mol. The number of carbonyl (C=O) groups is 1. The highest BCUT2D eigenvalue weighted by molar-refractivity contribution is 6.06. The van der Waals surface area contributed by atoms with Gasteiger partial charge in [-0.25, -0.2) is 10.1 Å². The minimum absolute atomic E-state index is 0.172. The number of nitrogens with zero attached hydrogens (tertiary/aromatic N) is 4. The van der Waals surface area contributed by atoms with Crippen molar-refractivity contribution in [2.75, 3.05) is 18.0 Å². The van der Waals surface area contributed by atoms with Crippen LogP contribution in [0.3, 0.4) is 0 Å². The summed E-state index contributed by atoms with van der Waals surface area (Å²) in [5, 5.41) is 9.37. The molecule has 0 radical (unpaired) electrons. The zero-order valence-electron chi connectivity index (χ0n) is 18.0. The summed E-state index contributed by atoms with van der Waals surface area (Å²) in [6.07, 6.45) is 5.09. The van der Waals surface area contributed by atoms with Gasteiger partial charge in [-0.2, -0.15) is 10.2 Å². The molecule has 31 heavy (non-hydrogen) atoms. The molecular formula is C24H27N5O2. The van der Waals surface area contributed by atoms with E-state index in [-0.39, 0.29) is 11.3 Å². The van der Waals surface area contributed by atoms with Crippen LogP contribution >= 0.6 is 0 Å². The summed E-state index contributed by atoms with van der Waals surface area (Å²) in [6.45, 7) is 4.06. The molecule has 2 aromatic carbocycles. The first-order chi connectivity index (χ1) is 15.0. The standard InChI is InChI=1S/C24H27N5O2/c1-17(18-11-13-19(14-12-18)29-15-7-3-4-8-16-29)25-26-23(30)22-20-9-5-6-10-21(20)24(31)28(2)27-22/h5-6,9-14H,3-4,7-8,15-16H2,1-2H3,(H,26,30)/b25-17+. The van der Waals surface area contributed by atoms with Gasteiger partial charge in [0.05, 0.1) is 11.1 Å². The van der Waals surface area contributed by atoms with E-state index in [0.29, 0.717) is 16.5 Å². The van der Waals surface area contributed by atoms with Gasteiger partial charge in [0, 0.05) is 31.2 Å². The number of hydrazone groups is 1. The number of aryl methyl sites for hydroxylation is 1. The largest absolute Gasteiger partial charge is 0.372 e. The molecule has 1 amide bonds. The van der Waals surface area contributed by atoms with Gasteiger partial charge < -0.3 is 4.90 Å². The van der Waals surface area contributed by atoms with Gasteiger partial charge in [0.1, 0.15) is 0 Å². The Balaban J connectivity index is 1.51. The Kier molecular flexibility index (Phi) is 6.11. The molecule has 1 saturated heterocycles. The molecule has 0 bridgehead atoms. The van der Waals surface area contributed by atoms with Crippen molar-refractivity contribution in [3.8, 4) is 0 Å². The first kappa shape index (κ1) is 20.8. The van der Waals surface area contributed by atoms with Crippen molar-refractivity contribution in [3.63, 3.8) is 0 Å². The topological polar surface area (TPSA) is 79.6 Å². The normalized spacial score (nSPS) is 15.0. The number of aromatic nitrogens is 2. The van der Waals surface area contributed by atoms with Crippen molar-refractivity contribution < 1.29 is 4.79 Å². The molecule has 3 aromatic rings. The number of benzene rings is 2. The van der Waals surface area contributed by atoms with Crippen LogP contribution < -0.4 is 15.9 Å². The lowest BCUT2D eigenvalue weighted by Gasteiger charge is -2.22. The Hall–Kier alpha value is -3.48. The second kappa shape index (κ2) is 9.12. The van der Waals surface area contributed by atoms with Crippen molar-refractivity contribution in [2.24, 2.45) is 12.1 Å². The molecule has 2 heterocycles. The minimum atomic E-state index is -0.452. The maximum absolute atomic E-state index is 12.7. The van der Waals surface area contributed by atoms with Crippen molar-refractivity contribution >= 4 is 28.1 Å². The van der Waals surface area contributed by atoms with Gasteiger partial charge in [0.15, 0.2) is 5.69 Å². The van der Waals surface area contributed by atoms with Crippen molar-refractivity contribution in [1.29, 1.82) is 0 Å². The SMILES string of the molecule is C/C(=N\NC(=O)c1nn(C)c(=O)c2ccccc12)c1ccc(N2CCCCCC2)cc1. The monoisotopic (exact) mass is 417 g/mol. The van der Waals surface area contributed by atoms with Gasteiger partial charge in [0.2, 0.25) is 0 Å². The number of hydrogen-bond acceptors (Lipinski definition) is 5. The van der Waals surface area contributed by atoms with Crippen LogP contribution in [0.1, 0.15) is 48.7 Å². The highest BCUT2D eigenvalue weighted by Gasteiger charge is 2.15. The maximum Gasteiger partial charge on any atom is 0.292 e. The molecule has 0 atom stereocenters. The number of anilines is 1. The van der Waals surface area contributed by atoms with Crippen LogP contribution in [0.25, 0.3) is 10.8 Å². The Morgan fingerprint density at radius 2 is 1.61 bits per heavy atom. The molecule has 0 unspecified atom stereocenters. The lowest BCUT2D eigenvalue weighted by molar-refractivity contribution is 0.0949. The first-order valence-electron chi connectivity index (χ1n) is 10.7. The molecule has 1 N–H and O–H groups in total. The van der Waals surface area contributed by atoms with Gasteiger partial charge in [-0.3, -0.25) is 9.59 Å². The second-order valence-corrected chi connectivity index (χ2v) is 7.91. The summed E-state index contributed by atoms with van der Waals surface area (Å²) in [5.41, 5.74) is 5.38. The maximum atomic E-state index is 12.7. The molecule has 1 aliphatic rings. The van der Waals surface area contributed by atoms with E-state index < -0.39 is 5.91 Å². The van der Waals surface area contributed by atoms with Crippen molar-refractivity contribution in [1.82, 2.24) is 15.2 Å². The smallest absolute Gasteiger partial charge is 0.292 e. The predicted octanol–water partition coefficient (Wildman–Crippen LogP) is 3.47. The fourth-order valence-electron chi connectivity index (χ4n) is 3.96. The van der Waals surface area contributed by atoms with Gasteiger partial charge >= 0.3 is 0 Å². The van der Waals surface area contributed by atoms with E-state index in [0.717, 1.165) is 18.7 Å². The van der Waals surface area contributed by atoms with E-state index in [1.54, 1.807) is 24.3 Å². The highest BCUT2D eigenvalue weighted by atomic mass is 16.2. The molecule has 160 valence electrons. The number of hydrogen-bond donors (Lipinski definition) is 1. The lowest BCUT2D eigenvalue weighted by atomic mass is 10.1. The zero-order chi connectivity index (χ0) is 21.8. The van der Waals surface area contributed by atoms with Crippen LogP contribution in [-0.4, -0.2) is 34.5 Å². The zero-order valence-corrected chi connectivity index (χ0v) is 18.0. The number of amides is 1. The lowest BCUT2D eigenvalue weighted by Crippen LogP contribution is -2.27. The van der Waals surface area contributed by atoms with Crippen molar-refractivity contribution in [2.45, 2.75) is 32.6 Å². The first-order valence-corrected chi connectivity index (χ1v) is 10.7. The highest BCUT2D eigenvalue weighted by Crippen LogP contribution is 2.20. The fourth-order valence-corrected chi connectivity index (χ4v) is 3.96. The summed E-state index contributed by atoms with van der Waals surface area (Å²) < 4.78 is 1.18. The summed E-state index contributed by atoms with van der Waals surface area (Å²) in [7, 11) is 1.53. The average Bonchev–Trinajstić information content (AvgIpc) is 3.09. The third-order valence-corrected chi connectivity index (χ3v) is 5.75. The third kappa shape index (κ3) is 4.50. The number of rotatable bonds is 4. The Bertz CT molecular complexity index is 1170. The van der Waals surface area contributed by atoms with Gasteiger partial charge in [-0.1, -0.05) is 43.2 Å². The summed E-state index contributed by atoms with van der Waals surface area (Å²) in [4.78, 5) is 27.4. The minimum Gasteiger partial charge on any atom is -0.372 e. The van der Waals surface area contributed by atoms with E-state index in [2.05, 4.69) is 32.7 Å². The quantitative estimate of drug-likeness (QED) is 0.521. The van der Waals surface area contributed by atoms with E-state index >= 15 is 0 Å². The second-order valence-electron chi connectivity index (χ2n) is 7.91. The molecule has 1 aromatic heterocycles. The molecule has 4 rings (SSSR count). The summed E-state index contributed by atoms with van der Waals surface area (Å²) in [5.74, 6) is -0.452. The van der Waals surface area contributed by atoms with Crippen LogP contribution in [0.4, 0.5) is 5.69 Å². The van der Waals surface area contributed by atoms with Gasteiger partial charge in [-0.15, -0.1) is 0 Å². The number of carbonyl (C=O) groups excluding carboxylic acids is 1. The molecule has 1 aliphatic heterocycles.